The van der Waals surface area contributed by atoms with E-state index in [0.29, 0.717) is 5.56 Å². The van der Waals surface area contributed by atoms with Gasteiger partial charge in [-0.1, -0.05) is 49.7 Å². The van der Waals surface area contributed by atoms with Gasteiger partial charge in [0.1, 0.15) is 6.04 Å². The Labute approximate surface area is 171 Å². The molecule has 6 nitrogen and oxygen atoms in total. The highest BCUT2D eigenvalue weighted by Gasteiger charge is 2.20. The van der Waals surface area contributed by atoms with E-state index in [1.807, 2.05) is 52.0 Å². The lowest BCUT2D eigenvalue weighted by molar-refractivity contribution is -0.148. The van der Waals surface area contributed by atoms with Gasteiger partial charge in [-0.25, -0.2) is 4.79 Å². The van der Waals surface area contributed by atoms with E-state index >= 15 is 0 Å². The quantitative estimate of drug-likeness (QED) is 0.699. The number of rotatable bonds is 7. The number of benzene rings is 2. The molecule has 0 spiro atoms. The van der Waals surface area contributed by atoms with Crippen LogP contribution in [-0.4, -0.2) is 30.4 Å². The largest absolute Gasteiger partial charge is 0.454 e. The molecule has 0 bridgehead atoms. The van der Waals surface area contributed by atoms with Crippen LogP contribution in [0.1, 0.15) is 53.7 Å². The van der Waals surface area contributed by atoms with Gasteiger partial charge in [0.15, 0.2) is 6.61 Å². The number of amides is 2. The maximum atomic E-state index is 12.3. The maximum Gasteiger partial charge on any atom is 0.328 e. The molecule has 0 unspecified atom stereocenters. The van der Waals surface area contributed by atoms with E-state index in [4.69, 9.17) is 4.74 Å². The molecule has 2 aromatic rings. The lowest BCUT2D eigenvalue weighted by atomic mass is 9.98. The number of ether oxygens (including phenoxy) is 1. The molecule has 0 aliphatic carbocycles. The molecular weight excluding hydrogens is 368 g/mol. The number of carbonyl (C=O) groups excluding carboxylic acids is 3. The van der Waals surface area contributed by atoms with Gasteiger partial charge >= 0.3 is 5.97 Å². The Bertz CT molecular complexity index is 906. The Morgan fingerprint density at radius 3 is 2.34 bits per heavy atom. The van der Waals surface area contributed by atoms with Crippen LogP contribution in [0.15, 0.2) is 42.5 Å². The van der Waals surface area contributed by atoms with Crippen molar-refractivity contribution in [1.82, 2.24) is 5.32 Å². The summed E-state index contributed by atoms with van der Waals surface area (Å²) < 4.78 is 5.07. The average Bonchev–Trinajstić information content (AvgIpc) is 2.67. The Hall–Kier alpha value is -3.15. The first-order valence-corrected chi connectivity index (χ1v) is 9.62. The Balaban J connectivity index is 1.90. The number of carbonyl (C=O) groups is 3. The van der Waals surface area contributed by atoms with E-state index in [-0.39, 0.29) is 11.8 Å². The molecule has 154 valence electrons. The Morgan fingerprint density at radius 2 is 1.69 bits per heavy atom. The van der Waals surface area contributed by atoms with E-state index in [2.05, 4.69) is 10.6 Å². The van der Waals surface area contributed by atoms with Gasteiger partial charge in [-0.15, -0.1) is 0 Å². The van der Waals surface area contributed by atoms with Crippen LogP contribution < -0.4 is 10.6 Å². The van der Waals surface area contributed by atoms with Gasteiger partial charge < -0.3 is 15.4 Å². The number of esters is 1. The van der Waals surface area contributed by atoms with E-state index in [0.717, 1.165) is 22.4 Å². The zero-order valence-electron chi connectivity index (χ0n) is 17.5. The first kappa shape index (κ1) is 22.1. The van der Waals surface area contributed by atoms with Crippen molar-refractivity contribution in [3.05, 3.63) is 64.7 Å². The van der Waals surface area contributed by atoms with Crippen LogP contribution in [0.25, 0.3) is 0 Å². The van der Waals surface area contributed by atoms with Crippen molar-refractivity contribution in [2.45, 2.75) is 46.6 Å². The normalized spacial score (nSPS) is 11.7. The summed E-state index contributed by atoms with van der Waals surface area (Å²) in [5.41, 5.74) is 4.10. The molecule has 6 heteroatoms. The second kappa shape index (κ2) is 9.87. The molecule has 0 aliphatic rings. The monoisotopic (exact) mass is 396 g/mol. The summed E-state index contributed by atoms with van der Waals surface area (Å²) in [5.74, 6) is -1.23. The van der Waals surface area contributed by atoms with Crippen LogP contribution >= 0.6 is 0 Å². The first-order chi connectivity index (χ1) is 13.7. The number of para-hydroxylation sites is 1. The number of hydrogen-bond acceptors (Lipinski definition) is 4. The van der Waals surface area contributed by atoms with E-state index < -0.39 is 24.5 Å². The lowest BCUT2D eigenvalue weighted by Crippen LogP contribution is -2.40. The van der Waals surface area contributed by atoms with Crippen molar-refractivity contribution in [2.24, 2.45) is 0 Å². The average molecular weight is 396 g/mol. The van der Waals surface area contributed by atoms with Crippen LogP contribution in [0.4, 0.5) is 5.69 Å². The lowest BCUT2D eigenvalue weighted by Gasteiger charge is -2.17. The third-order valence-corrected chi connectivity index (χ3v) is 4.52. The summed E-state index contributed by atoms with van der Waals surface area (Å²) in [6.45, 7) is 8.98. The van der Waals surface area contributed by atoms with Gasteiger partial charge in [0.25, 0.3) is 11.8 Å². The van der Waals surface area contributed by atoms with Gasteiger partial charge in [0.05, 0.1) is 0 Å². The van der Waals surface area contributed by atoms with E-state index in [9.17, 15) is 14.4 Å². The topological polar surface area (TPSA) is 84.5 Å². The number of anilines is 1. The molecule has 2 N–H and O–H groups in total. The van der Waals surface area contributed by atoms with E-state index in [1.165, 1.54) is 6.92 Å². The Morgan fingerprint density at radius 1 is 1.00 bits per heavy atom. The van der Waals surface area contributed by atoms with Crippen molar-refractivity contribution in [1.29, 1.82) is 0 Å². The third kappa shape index (κ3) is 6.17. The highest BCUT2D eigenvalue weighted by atomic mass is 16.5. The fourth-order valence-corrected chi connectivity index (χ4v) is 2.90. The van der Waals surface area contributed by atoms with Crippen molar-refractivity contribution >= 4 is 23.5 Å². The predicted molar refractivity (Wildman–Crippen MR) is 113 cm³/mol. The highest BCUT2D eigenvalue weighted by molar-refractivity contribution is 5.97. The molecule has 2 rings (SSSR count). The maximum absolute atomic E-state index is 12.3. The Kier molecular flexibility index (Phi) is 7.53. The summed E-state index contributed by atoms with van der Waals surface area (Å²) in [6.07, 6.45) is 0. The third-order valence-electron chi connectivity index (χ3n) is 4.52. The molecule has 0 radical (unpaired) electrons. The second-order valence-corrected chi connectivity index (χ2v) is 7.41. The molecular formula is C23H28N2O4. The van der Waals surface area contributed by atoms with Gasteiger partial charge in [-0.05, 0) is 49.9 Å². The summed E-state index contributed by atoms with van der Waals surface area (Å²) in [6, 6.07) is 12.0. The summed E-state index contributed by atoms with van der Waals surface area (Å²) in [7, 11) is 0. The van der Waals surface area contributed by atoms with Crippen molar-refractivity contribution in [2.75, 3.05) is 11.9 Å². The minimum absolute atomic E-state index is 0.240. The minimum atomic E-state index is -0.875. The molecule has 1 atom stereocenters. The van der Waals surface area contributed by atoms with Crippen molar-refractivity contribution in [3.63, 3.8) is 0 Å². The van der Waals surface area contributed by atoms with Crippen LogP contribution in [0.5, 0.6) is 0 Å². The number of hydrogen-bond donors (Lipinski definition) is 2. The molecule has 0 heterocycles. The first-order valence-electron chi connectivity index (χ1n) is 9.62. The molecule has 2 aromatic carbocycles. The minimum Gasteiger partial charge on any atom is -0.454 e. The van der Waals surface area contributed by atoms with Crippen LogP contribution in [0.2, 0.25) is 0 Å². The molecule has 29 heavy (non-hydrogen) atoms. The van der Waals surface area contributed by atoms with Crippen LogP contribution in [0.3, 0.4) is 0 Å². The fraction of sp³-hybridized carbons (Fsp3) is 0.348. The van der Waals surface area contributed by atoms with Crippen molar-refractivity contribution in [3.8, 4) is 0 Å². The van der Waals surface area contributed by atoms with Gasteiger partial charge in [-0.2, -0.15) is 0 Å². The zero-order chi connectivity index (χ0) is 21.6. The van der Waals surface area contributed by atoms with Crippen LogP contribution in [0, 0.1) is 13.8 Å². The van der Waals surface area contributed by atoms with Gasteiger partial charge in [0, 0.05) is 11.3 Å². The fourth-order valence-electron chi connectivity index (χ4n) is 2.90. The van der Waals surface area contributed by atoms with Gasteiger partial charge in [-0.3, -0.25) is 9.59 Å². The molecule has 0 aromatic heterocycles. The molecule has 0 saturated heterocycles. The predicted octanol–water partition coefficient (Wildman–Crippen LogP) is 3.73. The molecule has 0 saturated carbocycles. The van der Waals surface area contributed by atoms with E-state index in [1.54, 1.807) is 18.2 Å². The molecule has 0 aliphatic heterocycles. The smallest absolute Gasteiger partial charge is 0.328 e. The SMILES string of the molecule is Cc1cccc(C(=O)N[C@@H](C)C(=O)OCC(=O)Nc2c(C)cccc2C(C)C)c1. The second-order valence-electron chi connectivity index (χ2n) is 7.41. The molecule has 0 fully saturated rings. The zero-order valence-corrected chi connectivity index (χ0v) is 17.5. The summed E-state index contributed by atoms with van der Waals surface area (Å²) >= 11 is 0. The summed E-state index contributed by atoms with van der Waals surface area (Å²) in [4.78, 5) is 36.7. The number of nitrogens with one attached hydrogen (secondary N) is 2. The van der Waals surface area contributed by atoms with Gasteiger partial charge in [0.2, 0.25) is 0 Å². The molecule has 2 amide bonds. The van der Waals surface area contributed by atoms with Crippen molar-refractivity contribution < 1.29 is 19.1 Å². The summed E-state index contributed by atoms with van der Waals surface area (Å²) in [5, 5.41) is 5.41. The highest BCUT2D eigenvalue weighted by Crippen LogP contribution is 2.27. The standard InChI is InChI=1S/C23H28N2O4/c1-14(2)19-11-7-9-16(4)21(19)25-20(26)13-29-23(28)17(5)24-22(27)18-10-6-8-15(3)12-18/h6-12,14,17H,13H2,1-5H3,(H,24,27)(H,25,26)/t17-/m0/s1. The van der Waals surface area contributed by atoms with Crippen LogP contribution in [-0.2, 0) is 14.3 Å². The number of aryl methyl sites for hydroxylation is 2.